The SMILES string of the molecule is O=C(O)C(F)(F)F.c1cn2c(NC3CCCCC3)c(-c3ccc(SC4CCCCC4)cc3)nc2cn1. The van der Waals surface area contributed by atoms with Crippen LogP contribution in [0.5, 0.6) is 0 Å². The van der Waals surface area contributed by atoms with E-state index < -0.39 is 12.1 Å². The van der Waals surface area contributed by atoms with E-state index >= 15 is 0 Å². The number of hydrogen-bond donors (Lipinski definition) is 2. The highest BCUT2D eigenvalue weighted by molar-refractivity contribution is 8.00. The van der Waals surface area contributed by atoms with E-state index in [1.165, 1.54) is 74.7 Å². The molecule has 2 saturated carbocycles. The van der Waals surface area contributed by atoms with E-state index in [-0.39, 0.29) is 0 Å². The van der Waals surface area contributed by atoms with Crippen LogP contribution in [0.3, 0.4) is 0 Å². The molecule has 0 amide bonds. The Bertz CT molecular complexity index is 1140. The molecule has 2 aromatic heterocycles. The van der Waals surface area contributed by atoms with Crippen molar-refractivity contribution in [1.82, 2.24) is 14.4 Å². The number of carboxylic acid groups (broad SMARTS) is 1. The number of thioether (sulfide) groups is 1. The zero-order valence-corrected chi connectivity index (χ0v) is 20.8. The molecule has 0 atom stereocenters. The van der Waals surface area contributed by atoms with Gasteiger partial charge < -0.3 is 10.4 Å². The maximum atomic E-state index is 10.6. The molecule has 194 valence electrons. The maximum Gasteiger partial charge on any atom is 0.490 e. The zero-order chi connectivity index (χ0) is 25.5. The average Bonchev–Trinajstić information content (AvgIpc) is 3.24. The Balaban J connectivity index is 0.000000384. The molecule has 2 N–H and O–H groups in total. The summed E-state index contributed by atoms with van der Waals surface area (Å²) < 4.78 is 33.9. The van der Waals surface area contributed by atoms with Crippen molar-refractivity contribution in [3.05, 3.63) is 42.9 Å². The Morgan fingerprint density at radius 1 is 1.00 bits per heavy atom. The number of halogens is 3. The number of hydrogen-bond acceptors (Lipinski definition) is 5. The summed E-state index contributed by atoms with van der Waals surface area (Å²) in [7, 11) is 0. The van der Waals surface area contributed by atoms with Gasteiger partial charge in [0.05, 0.1) is 6.20 Å². The van der Waals surface area contributed by atoms with E-state index in [9.17, 15) is 13.2 Å². The lowest BCUT2D eigenvalue weighted by atomic mass is 9.95. The molecule has 0 saturated heterocycles. The van der Waals surface area contributed by atoms with E-state index in [2.05, 4.69) is 50.7 Å². The van der Waals surface area contributed by atoms with Gasteiger partial charge >= 0.3 is 12.1 Å². The number of nitrogens with zero attached hydrogens (tertiary/aromatic N) is 3. The second-order valence-corrected chi connectivity index (χ2v) is 10.7. The molecule has 10 heteroatoms. The van der Waals surface area contributed by atoms with Crippen LogP contribution in [-0.4, -0.2) is 42.9 Å². The number of alkyl halides is 3. The minimum absolute atomic E-state index is 0.539. The fraction of sp³-hybridized carbons (Fsp3) is 0.500. The third-order valence-electron chi connectivity index (χ3n) is 6.60. The Morgan fingerprint density at radius 2 is 1.61 bits per heavy atom. The number of benzene rings is 1. The van der Waals surface area contributed by atoms with Crippen LogP contribution in [0, 0.1) is 0 Å². The lowest BCUT2D eigenvalue weighted by Crippen LogP contribution is -2.23. The molecule has 0 bridgehead atoms. The molecule has 0 unspecified atom stereocenters. The van der Waals surface area contributed by atoms with Crippen molar-refractivity contribution in [2.24, 2.45) is 0 Å². The van der Waals surface area contributed by atoms with E-state index in [0.29, 0.717) is 6.04 Å². The minimum atomic E-state index is -5.08. The molecule has 2 aliphatic rings. The molecule has 0 spiro atoms. The van der Waals surface area contributed by atoms with E-state index in [1.807, 2.05) is 18.6 Å². The third-order valence-corrected chi connectivity index (χ3v) is 7.95. The second kappa shape index (κ2) is 12.0. The van der Waals surface area contributed by atoms with E-state index in [0.717, 1.165) is 22.4 Å². The van der Waals surface area contributed by atoms with Gasteiger partial charge in [0.1, 0.15) is 11.5 Å². The van der Waals surface area contributed by atoms with Crippen molar-refractivity contribution in [1.29, 1.82) is 0 Å². The molecule has 2 aliphatic carbocycles. The average molecular weight is 521 g/mol. The first-order valence-electron chi connectivity index (χ1n) is 12.5. The van der Waals surface area contributed by atoms with Crippen LogP contribution in [0.1, 0.15) is 64.2 Å². The smallest absolute Gasteiger partial charge is 0.475 e. The first-order chi connectivity index (χ1) is 17.3. The first-order valence-corrected chi connectivity index (χ1v) is 13.3. The largest absolute Gasteiger partial charge is 0.490 e. The number of imidazole rings is 1. The number of aliphatic carboxylic acids is 1. The number of anilines is 1. The van der Waals surface area contributed by atoms with Crippen molar-refractivity contribution in [3.63, 3.8) is 0 Å². The molecule has 3 aromatic rings. The molecular formula is C26H31F3N4O2S. The lowest BCUT2D eigenvalue weighted by Gasteiger charge is -2.24. The minimum Gasteiger partial charge on any atom is -0.475 e. The van der Waals surface area contributed by atoms with Crippen LogP contribution in [0.25, 0.3) is 16.9 Å². The predicted molar refractivity (Wildman–Crippen MR) is 135 cm³/mol. The highest BCUT2D eigenvalue weighted by atomic mass is 32.2. The highest BCUT2D eigenvalue weighted by Crippen LogP contribution is 2.36. The molecule has 6 nitrogen and oxygen atoms in total. The Labute approximate surface area is 212 Å². The highest BCUT2D eigenvalue weighted by Gasteiger charge is 2.38. The normalized spacial score (nSPS) is 17.4. The van der Waals surface area contributed by atoms with Crippen molar-refractivity contribution in [2.75, 3.05) is 5.32 Å². The van der Waals surface area contributed by atoms with Gasteiger partial charge in [0, 0.05) is 34.1 Å². The van der Waals surface area contributed by atoms with E-state index in [1.54, 1.807) is 0 Å². The maximum absolute atomic E-state index is 10.6. The summed E-state index contributed by atoms with van der Waals surface area (Å²) in [5.41, 5.74) is 3.12. The summed E-state index contributed by atoms with van der Waals surface area (Å²) in [4.78, 5) is 19.5. The zero-order valence-electron chi connectivity index (χ0n) is 20.0. The van der Waals surface area contributed by atoms with Crippen molar-refractivity contribution < 1.29 is 23.1 Å². The van der Waals surface area contributed by atoms with Gasteiger partial charge in [-0.15, -0.1) is 11.8 Å². The standard InChI is InChI=1S/C24H30N4S.C2HF3O2/c1-3-7-19(8-4-1)26-24-23(27-22-17-25-15-16-28(22)24)18-11-13-21(14-12-18)29-20-9-5-2-6-10-20;3-2(4,5)1(6)7/h11-17,19-20,26H,1-10H2;(H,6,7). The molecular weight excluding hydrogens is 489 g/mol. The van der Waals surface area contributed by atoms with Crippen LogP contribution in [0.15, 0.2) is 47.8 Å². The molecule has 36 heavy (non-hydrogen) atoms. The van der Waals surface area contributed by atoms with Gasteiger partial charge in [0.15, 0.2) is 5.65 Å². The monoisotopic (exact) mass is 520 g/mol. The van der Waals surface area contributed by atoms with Crippen LogP contribution in [0.4, 0.5) is 19.0 Å². The summed E-state index contributed by atoms with van der Waals surface area (Å²) in [5.74, 6) is -1.64. The molecule has 1 aromatic carbocycles. The number of aromatic nitrogens is 3. The number of fused-ring (bicyclic) bond motifs is 1. The number of carbonyl (C=O) groups is 1. The van der Waals surface area contributed by atoms with Crippen molar-refractivity contribution in [2.45, 2.75) is 86.6 Å². The number of rotatable bonds is 5. The predicted octanol–water partition coefficient (Wildman–Crippen LogP) is 7.20. The Morgan fingerprint density at radius 3 is 2.22 bits per heavy atom. The van der Waals surface area contributed by atoms with Gasteiger partial charge in [-0.3, -0.25) is 9.38 Å². The topological polar surface area (TPSA) is 79.5 Å². The fourth-order valence-corrected chi connectivity index (χ4v) is 6.00. The molecule has 5 rings (SSSR count). The van der Waals surface area contributed by atoms with Crippen molar-refractivity contribution >= 4 is 29.2 Å². The number of nitrogens with one attached hydrogen (secondary N) is 1. The van der Waals surface area contributed by atoms with Gasteiger partial charge in [0.25, 0.3) is 0 Å². The van der Waals surface area contributed by atoms with Crippen molar-refractivity contribution in [3.8, 4) is 11.3 Å². The van der Waals surface area contributed by atoms with E-state index in [4.69, 9.17) is 14.9 Å². The van der Waals surface area contributed by atoms with Crippen LogP contribution in [-0.2, 0) is 4.79 Å². The second-order valence-electron chi connectivity index (χ2n) is 9.30. The number of carboxylic acids is 1. The summed E-state index contributed by atoms with van der Waals surface area (Å²) in [6.45, 7) is 0. The van der Waals surface area contributed by atoms with Gasteiger partial charge in [-0.05, 0) is 37.8 Å². The molecule has 2 heterocycles. The van der Waals surface area contributed by atoms with Gasteiger partial charge in [-0.1, -0.05) is 50.7 Å². The first kappa shape index (κ1) is 26.3. The Kier molecular flexibility index (Phi) is 8.77. The third kappa shape index (κ3) is 6.93. The van der Waals surface area contributed by atoms with Crippen LogP contribution in [0.2, 0.25) is 0 Å². The van der Waals surface area contributed by atoms with Gasteiger partial charge in [0.2, 0.25) is 0 Å². The summed E-state index contributed by atoms with van der Waals surface area (Å²) in [5, 5.41) is 11.7. The summed E-state index contributed by atoms with van der Waals surface area (Å²) in [6.07, 6.45) is 14.0. The fourth-order valence-electron chi connectivity index (χ4n) is 4.75. The van der Waals surface area contributed by atoms with Gasteiger partial charge in [-0.25, -0.2) is 9.78 Å². The lowest BCUT2D eigenvalue weighted by molar-refractivity contribution is -0.192. The van der Waals surface area contributed by atoms with Gasteiger partial charge in [-0.2, -0.15) is 13.2 Å². The Hall–Kier alpha value is -2.75. The summed E-state index contributed by atoms with van der Waals surface area (Å²) in [6, 6.07) is 9.58. The van der Waals surface area contributed by atoms with Crippen LogP contribution < -0.4 is 5.32 Å². The summed E-state index contributed by atoms with van der Waals surface area (Å²) >= 11 is 2.05. The quantitative estimate of drug-likeness (QED) is 0.370. The molecule has 0 aliphatic heterocycles. The molecule has 2 fully saturated rings. The molecule has 0 radical (unpaired) electrons. The van der Waals surface area contributed by atoms with Crippen LogP contribution >= 0.6 is 11.8 Å².